The van der Waals surface area contributed by atoms with Crippen LogP contribution in [0.2, 0.25) is 0 Å². The van der Waals surface area contributed by atoms with E-state index in [1.54, 1.807) is 61.7 Å². The van der Waals surface area contributed by atoms with Crippen LogP contribution in [0.5, 0.6) is 17.2 Å². The van der Waals surface area contributed by atoms with Gasteiger partial charge in [-0.05, 0) is 54.6 Å². The maximum absolute atomic E-state index is 12.4. The number of thioether (sulfide) groups is 1. The van der Waals surface area contributed by atoms with Gasteiger partial charge in [-0.3, -0.25) is 9.59 Å². The van der Waals surface area contributed by atoms with Crippen molar-refractivity contribution in [3.8, 4) is 17.2 Å². The van der Waals surface area contributed by atoms with E-state index in [-0.39, 0.29) is 17.6 Å². The number of anilines is 2. The first-order chi connectivity index (χ1) is 15.6. The molecule has 3 aromatic rings. The topological polar surface area (TPSA) is 85.9 Å². The first-order valence-electron chi connectivity index (χ1n) is 9.98. The molecule has 1 aliphatic rings. The highest BCUT2D eigenvalue weighted by molar-refractivity contribution is 8.00. The maximum atomic E-state index is 12.4. The normalized spacial score (nSPS) is 12.0. The van der Waals surface area contributed by atoms with E-state index in [2.05, 4.69) is 10.6 Å². The van der Waals surface area contributed by atoms with Gasteiger partial charge in [0.25, 0.3) is 5.91 Å². The van der Waals surface area contributed by atoms with Crippen molar-refractivity contribution in [1.29, 1.82) is 0 Å². The Morgan fingerprint density at radius 2 is 1.66 bits per heavy atom. The summed E-state index contributed by atoms with van der Waals surface area (Å²) < 4.78 is 16.2. The molecular formula is C24H22N2O5S. The number of carbonyl (C=O) groups is 2. The van der Waals surface area contributed by atoms with E-state index in [0.29, 0.717) is 47.4 Å². The number of methoxy groups -OCH3 is 1. The van der Waals surface area contributed by atoms with Gasteiger partial charge in [-0.1, -0.05) is 6.07 Å². The number of nitrogens with one attached hydrogen (secondary N) is 2. The molecule has 0 saturated carbocycles. The number of rotatable bonds is 7. The summed E-state index contributed by atoms with van der Waals surface area (Å²) in [6.07, 6.45) is 0. The molecule has 32 heavy (non-hydrogen) atoms. The Kier molecular flexibility index (Phi) is 6.81. The van der Waals surface area contributed by atoms with Crippen LogP contribution in [0, 0.1) is 0 Å². The lowest BCUT2D eigenvalue weighted by Crippen LogP contribution is -2.17. The average Bonchev–Trinajstić information content (AvgIpc) is 2.83. The molecule has 1 heterocycles. The van der Waals surface area contributed by atoms with E-state index in [1.165, 1.54) is 11.8 Å². The quantitative estimate of drug-likeness (QED) is 0.518. The molecule has 0 bridgehead atoms. The Morgan fingerprint density at radius 1 is 0.906 bits per heavy atom. The van der Waals surface area contributed by atoms with Crippen LogP contribution in [0.3, 0.4) is 0 Å². The third kappa shape index (κ3) is 5.53. The van der Waals surface area contributed by atoms with Crippen molar-refractivity contribution in [2.75, 3.05) is 36.7 Å². The molecule has 0 radical (unpaired) electrons. The van der Waals surface area contributed by atoms with Gasteiger partial charge in [0.2, 0.25) is 5.91 Å². The fourth-order valence-electron chi connectivity index (χ4n) is 3.07. The lowest BCUT2D eigenvalue weighted by atomic mass is 10.2. The van der Waals surface area contributed by atoms with Gasteiger partial charge in [0.05, 0.1) is 12.9 Å². The molecule has 0 aromatic heterocycles. The minimum absolute atomic E-state index is 0.123. The summed E-state index contributed by atoms with van der Waals surface area (Å²) in [5, 5.41) is 5.72. The molecule has 3 aromatic carbocycles. The molecule has 1 aliphatic heterocycles. The zero-order chi connectivity index (χ0) is 22.3. The lowest BCUT2D eigenvalue weighted by Gasteiger charge is -2.19. The monoisotopic (exact) mass is 450 g/mol. The Morgan fingerprint density at radius 3 is 2.44 bits per heavy atom. The van der Waals surface area contributed by atoms with Crippen molar-refractivity contribution >= 4 is 35.0 Å². The highest BCUT2D eigenvalue weighted by Crippen LogP contribution is 2.32. The minimum atomic E-state index is -0.219. The highest BCUT2D eigenvalue weighted by atomic mass is 32.2. The van der Waals surface area contributed by atoms with Gasteiger partial charge in [0.15, 0.2) is 11.5 Å². The van der Waals surface area contributed by atoms with Crippen LogP contribution in [-0.2, 0) is 4.79 Å². The second-order valence-electron chi connectivity index (χ2n) is 6.91. The second kappa shape index (κ2) is 10.1. The summed E-state index contributed by atoms with van der Waals surface area (Å²) in [4.78, 5) is 25.6. The van der Waals surface area contributed by atoms with Gasteiger partial charge in [0.1, 0.15) is 19.0 Å². The van der Waals surface area contributed by atoms with Crippen molar-refractivity contribution in [3.05, 3.63) is 72.3 Å². The van der Waals surface area contributed by atoms with E-state index in [0.717, 1.165) is 4.90 Å². The van der Waals surface area contributed by atoms with E-state index < -0.39 is 0 Å². The van der Waals surface area contributed by atoms with E-state index in [1.807, 2.05) is 12.1 Å². The van der Waals surface area contributed by atoms with E-state index in [9.17, 15) is 9.59 Å². The van der Waals surface area contributed by atoms with Crippen LogP contribution >= 0.6 is 11.8 Å². The molecule has 2 N–H and O–H groups in total. The average molecular weight is 451 g/mol. The van der Waals surface area contributed by atoms with E-state index >= 15 is 0 Å². The first kappa shape index (κ1) is 21.6. The molecule has 0 fully saturated rings. The largest absolute Gasteiger partial charge is 0.497 e. The number of fused-ring (bicyclic) bond motifs is 1. The Bertz CT molecular complexity index is 1120. The summed E-state index contributed by atoms with van der Waals surface area (Å²) >= 11 is 1.41. The highest BCUT2D eigenvalue weighted by Gasteiger charge is 2.13. The second-order valence-corrected chi connectivity index (χ2v) is 7.95. The van der Waals surface area contributed by atoms with Crippen LogP contribution in [0.15, 0.2) is 71.6 Å². The summed E-state index contributed by atoms with van der Waals surface area (Å²) in [6, 6.07) is 19.6. The zero-order valence-electron chi connectivity index (χ0n) is 17.4. The van der Waals surface area contributed by atoms with Crippen molar-refractivity contribution in [2.24, 2.45) is 0 Å². The van der Waals surface area contributed by atoms with Gasteiger partial charge in [-0.15, -0.1) is 11.8 Å². The van der Waals surface area contributed by atoms with Gasteiger partial charge >= 0.3 is 0 Å². The van der Waals surface area contributed by atoms with Crippen molar-refractivity contribution in [3.63, 3.8) is 0 Å². The van der Waals surface area contributed by atoms with Crippen molar-refractivity contribution in [2.45, 2.75) is 4.90 Å². The molecule has 0 unspecified atom stereocenters. The first-order valence-corrected chi connectivity index (χ1v) is 11.0. The van der Waals surface area contributed by atoms with Crippen LogP contribution in [0.25, 0.3) is 0 Å². The Labute approximate surface area is 190 Å². The molecule has 7 nitrogen and oxygen atoms in total. The minimum Gasteiger partial charge on any atom is -0.497 e. The van der Waals surface area contributed by atoms with Crippen LogP contribution < -0.4 is 24.8 Å². The maximum Gasteiger partial charge on any atom is 0.255 e. The summed E-state index contributed by atoms with van der Waals surface area (Å²) in [5.74, 6) is 1.85. The fraction of sp³-hybridized carbons (Fsp3) is 0.167. The van der Waals surface area contributed by atoms with Crippen molar-refractivity contribution in [1.82, 2.24) is 0 Å². The molecule has 164 valence electrons. The van der Waals surface area contributed by atoms with Gasteiger partial charge in [0, 0.05) is 27.9 Å². The number of ether oxygens (including phenoxy) is 3. The Hall–Kier alpha value is -3.65. The SMILES string of the molecule is COc1cccc(C(=O)Nc2ccc(SCC(=O)Nc3ccc4c(c3)OCCO4)cc2)c1. The predicted octanol–water partition coefficient (Wildman–Crippen LogP) is 4.45. The molecule has 0 saturated heterocycles. The van der Waals surface area contributed by atoms with Gasteiger partial charge < -0.3 is 24.8 Å². The Balaban J connectivity index is 1.28. The van der Waals surface area contributed by atoms with Gasteiger partial charge in [-0.2, -0.15) is 0 Å². The molecule has 0 aliphatic carbocycles. The standard InChI is InChI=1S/C24H22N2O5S/c1-29-19-4-2-3-16(13-19)24(28)26-17-5-8-20(9-6-17)32-15-23(27)25-18-7-10-21-22(14-18)31-12-11-30-21/h2-10,13-14H,11-12,15H2,1H3,(H,25,27)(H,26,28). The summed E-state index contributed by atoms with van der Waals surface area (Å²) in [6.45, 7) is 1.02. The molecule has 8 heteroatoms. The van der Waals surface area contributed by atoms with Crippen LogP contribution in [0.4, 0.5) is 11.4 Å². The lowest BCUT2D eigenvalue weighted by molar-refractivity contribution is -0.113. The molecule has 0 spiro atoms. The molecule has 4 rings (SSSR count). The number of hydrogen-bond acceptors (Lipinski definition) is 6. The zero-order valence-corrected chi connectivity index (χ0v) is 18.2. The summed E-state index contributed by atoms with van der Waals surface area (Å²) in [5.41, 5.74) is 1.84. The number of amides is 2. The molecule has 2 amide bonds. The van der Waals surface area contributed by atoms with E-state index in [4.69, 9.17) is 14.2 Å². The smallest absolute Gasteiger partial charge is 0.255 e. The molecular weight excluding hydrogens is 428 g/mol. The third-order valence-electron chi connectivity index (χ3n) is 4.64. The number of benzene rings is 3. The number of carbonyl (C=O) groups excluding carboxylic acids is 2. The predicted molar refractivity (Wildman–Crippen MR) is 124 cm³/mol. The fourth-order valence-corrected chi connectivity index (χ4v) is 3.77. The number of hydrogen-bond donors (Lipinski definition) is 2. The van der Waals surface area contributed by atoms with Crippen molar-refractivity contribution < 1.29 is 23.8 Å². The van der Waals surface area contributed by atoms with Crippen LogP contribution in [0.1, 0.15) is 10.4 Å². The third-order valence-corrected chi connectivity index (χ3v) is 5.65. The van der Waals surface area contributed by atoms with Gasteiger partial charge in [-0.25, -0.2) is 0 Å². The molecule has 0 atom stereocenters. The summed E-state index contributed by atoms with van der Waals surface area (Å²) in [7, 11) is 1.56. The van der Waals surface area contributed by atoms with Crippen LogP contribution in [-0.4, -0.2) is 37.9 Å².